The average Bonchev–Trinajstić information content (AvgIpc) is 3.10. The van der Waals surface area contributed by atoms with Crippen molar-refractivity contribution in [3.8, 4) is 0 Å². The van der Waals surface area contributed by atoms with Crippen molar-refractivity contribution >= 4 is 11.9 Å². The van der Waals surface area contributed by atoms with Crippen molar-refractivity contribution < 1.29 is 9.21 Å². The van der Waals surface area contributed by atoms with Gasteiger partial charge in [0.15, 0.2) is 5.96 Å². The van der Waals surface area contributed by atoms with E-state index in [9.17, 15) is 4.79 Å². The van der Waals surface area contributed by atoms with E-state index in [1.165, 1.54) is 6.20 Å². The number of aromatic nitrogens is 1. The average molecular weight is 315 g/mol. The smallest absolute Gasteiger partial charge is 0.252 e. The van der Waals surface area contributed by atoms with Crippen LogP contribution in [0.5, 0.6) is 0 Å². The van der Waals surface area contributed by atoms with Crippen molar-refractivity contribution in [1.82, 2.24) is 20.9 Å². The highest BCUT2D eigenvalue weighted by molar-refractivity contribution is 5.93. The summed E-state index contributed by atoms with van der Waals surface area (Å²) in [4.78, 5) is 20.2. The van der Waals surface area contributed by atoms with Crippen molar-refractivity contribution in [3.05, 3.63) is 54.2 Å². The fraction of sp³-hybridized carbons (Fsp3) is 0.312. The first-order valence-corrected chi connectivity index (χ1v) is 7.52. The number of guanidine groups is 1. The molecule has 0 spiro atoms. The molecule has 2 heterocycles. The maximum atomic E-state index is 11.9. The maximum absolute atomic E-state index is 11.9. The van der Waals surface area contributed by atoms with Gasteiger partial charge in [-0.15, -0.1) is 0 Å². The third-order valence-electron chi connectivity index (χ3n) is 2.94. The van der Waals surface area contributed by atoms with E-state index < -0.39 is 0 Å². The summed E-state index contributed by atoms with van der Waals surface area (Å²) in [5, 5.41) is 9.12. The van der Waals surface area contributed by atoms with E-state index in [4.69, 9.17) is 4.42 Å². The van der Waals surface area contributed by atoms with Gasteiger partial charge in [-0.1, -0.05) is 0 Å². The number of aliphatic imine (C=N–C) groups is 1. The summed E-state index contributed by atoms with van der Waals surface area (Å²) < 4.78 is 5.24. The number of hydrogen-bond acceptors (Lipinski definition) is 4. The minimum atomic E-state index is -0.141. The van der Waals surface area contributed by atoms with Crippen molar-refractivity contribution in [2.75, 3.05) is 19.6 Å². The van der Waals surface area contributed by atoms with Crippen LogP contribution in [0.3, 0.4) is 0 Å². The van der Waals surface area contributed by atoms with Gasteiger partial charge >= 0.3 is 0 Å². The summed E-state index contributed by atoms with van der Waals surface area (Å²) in [7, 11) is 0. The van der Waals surface area contributed by atoms with Crippen LogP contribution in [0, 0.1) is 0 Å². The minimum Gasteiger partial charge on any atom is -0.467 e. The molecule has 122 valence electrons. The number of carbonyl (C=O) groups excluding carboxylic acids is 1. The van der Waals surface area contributed by atoms with Gasteiger partial charge in [-0.05, 0) is 31.2 Å². The van der Waals surface area contributed by atoms with Gasteiger partial charge in [0.2, 0.25) is 0 Å². The normalized spacial score (nSPS) is 11.1. The van der Waals surface area contributed by atoms with Crippen LogP contribution >= 0.6 is 0 Å². The third-order valence-corrected chi connectivity index (χ3v) is 2.94. The number of furan rings is 1. The van der Waals surface area contributed by atoms with Crippen LogP contribution in [0.4, 0.5) is 0 Å². The number of nitrogens with one attached hydrogen (secondary N) is 3. The second-order valence-electron chi connectivity index (χ2n) is 4.70. The van der Waals surface area contributed by atoms with Crippen LogP contribution in [0.2, 0.25) is 0 Å². The van der Waals surface area contributed by atoms with E-state index in [1.807, 2.05) is 19.1 Å². The van der Waals surface area contributed by atoms with Gasteiger partial charge in [0.25, 0.3) is 5.91 Å². The first-order valence-electron chi connectivity index (χ1n) is 7.52. The van der Waals surface area contributed by atoms with Gasteiger partial charge in [0, 0.05) is 32.0 Å². The first kappa shape index (κ1) is 16.5. The van der Waals surface area contributed by atoms with Crippen LogP contribution in [-0.4, -0.2) is 36.5 Å². The Morgan fingerprint density at radius 2 is 2.09 bits per heavy atom. The van der Waals surface area contributed by atoms with E-state index in [1.54, 1.807) is 24.6 Å². The zero-order valence-electron chi connectivity index (χ0n) is 13.1. The fourth-order valence-electron chi connectivity index (χ4n) is 1.86. The fourth-order valence-corrected chi connectivity index (χ4v) is 1.86. The quantitative estimate of drug-likeness (QED) is 0.405. The molecule has 0 unspecified atom stereocenters. The monoisotopic (exact) mass is 315 g/mol. The highest BCUT2D eigenvalue weighted by Crippen LogP contribution is 2.00. The summed E-state index contributed by atoms with van der Waals surface area (Å²) in [5.74, 6) is 1.34. The molecule has 2 rings (SSSR count). The van der Waals surface area contributed by atoms with Crippen LogP contribution in [-0.2, 0) is 6.54 Å². The molecule has 0 bridgehead atoms. The van der Waals surface area contributed by atoms with E-state index in [0.29, 0.717) is 31.2 Å². The standard InChI is InChI=1S/C16H21N5O2/c1-2-18-16(21-12-14-6-4-10-23-14)20-9-8-19-15(22)13-5-3-7-17-11-13/h3-7,10-11H,2,8-9,12H2,1H3,(H,19,22)(H2,18,20,21). The van der Waals surface area contributed by atoms with Gasteiger partial charge in [0.1, 0.15) is 12.3 Å². The number of hydrogen-bond donors (Lipinski definition) is 3. The molecule has 7 nitrogen and oxygen atoms in total. The second kappa shape index (κ2) is 9.24. The van der Waals surface area contributed by atoms with E-state index in [-0.39, 0.29) is 5.91 Å². The topological polar surface area (TPSA) is 91.5 Å². The second-order valence-corrected chi connectivity index (χ2v) is 4.70. The molecular weight excluding hydrogens is 294 g/mol. The summed E-state index contributed by atoms with van der Waals surface area (Å²) in [6.45, 7) is 4.26. The van der Waals surface area contributed by atoms with Gasteiger partial charge in [0.05, 0.1) is 11.8 Å². The zero-order chi connectivity index (χ0) is 16.3. The first-order chi connectivity index (χ1) is 11.3. The SMILES string of the molecule is CCNC(=NCc1ccco1)NCCNC(=O)c1cccnc1. The molecule has 2 aromatic rings. The van der Waals surface area contributed by atoms with Crippen LogP contribution in [0.1, 0.15) is 23.0 Å². The van der Waals surface area contributed by atoms with Gasteiger partial charge in [-0.2, -0.15) is 0 Å². The number of rotatable bonds is 7. The predicted octanol–water partition coefficient (Wildman–Crippen LogP) is 1.16. The lowest BCUT2D eigenvalue weighted by Crippen LogP contribution is -2.41. The van der Waals surface area contributed by atoms with Crippen molar-refractivity contribution in [1.29, 1.82) is 0 Å². The summed E-state index contributed by atoms with van der Waals surface area (Å²) in [6.07, 6.45) is 4.80. The Labute approximate surface area is 135 Å². The molecule has 0 fully saturated rings. The number of amides is 1. The molecule has 2 aromatic heterocycles. The molecule has 23 heavy (non-hydrogen) atoms. The van der Waals surface area contributed by atoms with Crippen molar-refractivity contribution in [2.45, 2.75) is 13.5 Å². The third kappa shape index (κ3) is 5.82. The molecule has 7 heteroatoms. The molecule has 3 N–H and O–H groups in total. The molecule has 1 amide bonds. The highest BCUT2D eigenvalue weighted by Gasteiger charge is 2.04. The molecule has 0 aliphatic rings. The summed E-state index contributed by atoms with van der Waals surface area (Å²) in [5.41, 5.74) is 0.547. The van der Waals surface area contributed by atoms with Crippen LogP contribution in [0.25, 0.3) is 0 Å². The van der Waals surface area contributed by atoms with Gasteiger partial charge in [-0.25, -0.2) is 4.99 Å². The molecule has 0 saturated heterocycles. The lowest BCUT2D eigenvalue weighted by Gasteiger charge is -2.11. The predicted molar refractivity (Wildman–Crippen MR) is 88.1 cm³/mol. The minimum absolute atomic E-state index is 0.141. The van der Waals surface area contributed by atoms with Crippen molar-refractivity contribution in [2.24, 2.45) is 4.99 Å². The van der Waals surface area contributed by atoms with E-state index >= 15 is 0 Å². The molecule has 0 saturated carbocycles. The Balaban J connectivity index is 1.73. The molecular formula is C16H21N5O2. The summed E-state index contributed by atoms with van der Waals surface area (Å²) in [6, 6.07) is 7.17. The Morgan fingerprint density at radius 3 is 2.78 bits per heavy atom. The Kier molecular flexibility index (Phi) is 6.65. The Bertz CT molecular complexity index is 611. The number of carbonyl (C=O) groups is 1. The lowest BCUT2D eigenvalue weighted by atomic mass is 10.3. The highest BCUT2D eigenvalue weighted by atomic mass is 16.3. The van der Waals surface area contributed by atoms with Gasteiger partial charge in [-0.3, -0.25) is 9.78 Å². The van der Waals surface area contributed by atoms with Crippen LogP contribution < -0.4 is 16.0 Å². The Hall–Kier alpha value is -2.83. The molecule has 0 atom stereocenters. The lowest BCUT2D eigenvalue weighted by molar-refractivity contribution is 0.0954. The number of pyridine rings is 1. The van der Waals surface area contributed by atoms with Crippen LogP contribution in [0.15, 0.2) is 52.3 Å². The summed E-state index contributed by atoms with van der Waals surface area (Å²) >= 11 is 0. The molecule has 0 radical (unpaired) electrons. The molecule has 0 aliphatic heterocycles. The molecule has 0 aliphatic carbocycles. The van der Waals surface area contributed by atoms with Crippen molar-refractivity contribution in [3.63, 3.8) is 0 Å². The largest absolute Gasteiger partial charge is 0.467 e. The van der Waals surface area contributed by atoms with E-state index in [0.717, 1.165) is 12.3 Å². The number of nitrogens with zero attached hydrogens (tertiary/aromatic N) is 2. The molecule has 0 aromatic carbocycles. The zero-order valence-corrected chi connectivity index (χ0v) is 13.1. The Morgan fingerprint density at radius 1 is 1.22 bits per heavy atom. The maximum Gasteiger partial charge on any atom is 0.252 e. The van der Waals surface area contributed by atoms with E-state index in [2.05, 4.69) is 25.9 Å². The van der Waals surface area contributed by atoms with Gasteiger partial charge < -0.3 is 20.4 Å².